The van der Waals surface area contributed by atoms with Crippen LogP contribution in [-0.4, -0.2) is 24.6 Å². The van der Waals surface area contributed by atoms with Crippen molar-refractivity contribution < 1.29 is 14.0 Å². The van der Waals surface area contributed by atoms with E-state index < -0.39 is 11.8 Å². The van der Waals surface area contributed by atoms with Gasteiger partial charge >= 0.3 is 0 Å². The highest BCUT2D eigenvalue weighted by Gasteiger charge is 2.10. The Hall–Kier alpha value is -2.73. The van der Waals surface area contributed by atoms with Crippen LogP contribution in [0, 0.1) is 5.82 Å². The van der Waals surface area contributed by atoms with Gasteiger partial charge in [-0.3, -0.25) is 9.59 Å². The number of nitrogens with one attached hydrogen (secondary N) is 2. The minimum Gasteiger partial charge on any atom is -0.343 e. The van der Waals surface area contributed by atoms with Crippen LogP contribution < -0.4 is 10.7 Å². The maximum atomic E-state index is 12.7. The van der Waals surface area contributed by atoms with Gasteiger partial charge in [-0.25, -0.2) is 9.82 Å². The lowest BCUT2D eigenvalue weighted by Crippen LogP contribution is -2.35. The molecular formula is C16H13ClFN3O2. The number of hydrazone groups is 1. The van der Waals surface area contributed by atoms with Crippen molar-refractivity contribution in [1.29, 1.82) is 0 Å². The van der Waals surface area contributed by atoms with E-state index in [2.05, 4.69) is 15.8 Å². The molecule has 0 radical (unpaired) electrons. The van der Waals surface area contributed by atoms with Gasteiger partial charge in [-0.2, -0.15) is 5.10 Å². The van der Waals surface area contributed by atoms with Crippen molar-refractivity contribution in [1.82, 2.24) is 10.7 Å². The Balaban J connectivity index is 1.80. The largest absolute Gasteiger partial charge is 0.343 e. The molecule has 0 aliphatic heterocycles. The Bertz CT molecular complexity index is 732. The second kappa shape index (κ2) is 8.05. The minimum atomic E-state index is -0.497. The first-order valence-electron chi connectivity index (χ1n) is 6.66. The predicted octanol–water partition coefficient (Wildman–Crippen LogP) is 2.36. The van der Waals surface area contributed by atoms with E-state index in [1.807, 2.05) is 0 Å². The molecule has 2 aromatic carbocycles. The second-order valence-electron chi connectivity index (χ2n) is 4.51. The number of nitrogens with zero attached hydrogens (tertiary/aromatic N) is 1. The molecule has 5 nitrogen and oxygen atoms in total. The van der Waals surface area contributed by atoms with Crippen molar-refractivity contribution in [3.05, 3.63) is 70.5 Å². The highest BCUT2D eigenvalue weighted by molar-refractivity contribution is 6.33. The molecule has 0 aliphatic rings. The van der Waals surface area contributed by atoms with Crippen LogP contribution in [-0.2, 0) is 4.79 Å². The molecule has 0 atom stereocenters. The molecule has 0 spiro atoms. The molecule has 0 saturated carbocycles. The second-order valence-corrected chi connectivity index (χ2v) is 4.91. The first-order chi connectivity index (χ1) is 11.1. The number of amides is 2. The quantitative estimate of drug-likeness (QED) is 0.651. The standard InChI is InChI=1S/C16H13ClFN3O2/c17-14-4-2-1-3-13(14)16(23)19-10-15(22)21-20-9-11-5-7-12(18)8-6-11/h1-9H,10H2,(H,19,23)(H,21,22)/b20-9-. The van der Waals surface area contributed by atoms with E-state index in [1.165, 1.54) is 30.5 Å². The summed E-state index contributed by atoms with van der Waals surface area (Å²) < 4.78 is 12.7. The first kappa shape index (κ1) is 16.6. The molecule has 0 fully saturated rings. The number of carbonyl (C=O) groups excluding carboxylic acids is 2. The van der Waals surface area contributed by atoms with Crippen molar-refractivity contribution in [2.75, 3.05) is 6.54 Å². The predicted molar refractivity (Wildman–Crippen MR) is 85.9 cm³/mol. The van der Waals surface area contributed by atoms with Crippen LogP contribution in [0.4, 0.5) is 4.39 Å². The summed E-state index contributed by atoms with van der Waals surface area (Å²) in [6, 6.07) is 12.1. The lowest BCUT2D eigenvalue weighted by molar-refractivity contribution is -0.120. The number of hydrogen-bond donors (Lipinski definition) is 2. The summed E-state index contributed by atoms with van der Waals surface area (Å²) in [6.45, 7) is -0.245. The Morgan fingerprint density at radius 2 is 1.83 bits per heavy atom. The molecule has 7 heteroatoms. The number of hydrogen-bond acceptors (Lipinski definition) is 3. The number of benzene rings is 2. The van der Waals surface area contributed by atoms with E-state index >= 15 is 0 Å². The molecule has 23 heavy (non-hydrogen) atoms. The first-order valence-corrected chi connectivity index (χ1v) is 7.04. The summed E-state index contributed by atoms with van der Waals surface area (Å²) in [4.78, 5) is 23.4. The van der Waals surface area contributed by atoms with E-state index in [0.29, 0.717) is 10.6 Å². The van der Waals surface area contributed by atoms with Crippen molar-refractivity contribution in [3.8, 4) is 0 Å². The van der Waals surface area contributed by atoms with Gasteiger partial charge in [0.2, 0.25) is 0 Å². The molecule has 0 unspecified atom stereocenters. The van der Waals surface area contributed by atoms with Crippen LogP contribution in [0.3, 0.4) is 0 Å². The van der Waals surface area contributed by atoms with Gasteiger partial charge in [0.1, 0.15) is 5.82 Å². The number of rotatable bonds is 5. The topological polar surface area (TPSA) is 70.6 Å². The highest BCUT2D eigenvalue weighted by atomic mass is 35.5. The molecule has 2 N–H and O–H groups in total. The zero-order chi connectivity index (χ0) is 16.7. The monoisotopic (exact) mass is 333 g/mol. The van der Waals surface area contributed by atoms with E-state index in [9.17, 15) is 14.0 Å². The van der Waals surface area contributed by atoms with Crippen molar-refractivity contribution >= 4 is 29.6 Å². The van der Waals surface area contributed by atoms with E-state index in [1.54, 1.807) is 24.3 Å². The van der Waals surface area contributed by atoms with Crippen molar-refractivity contribution in [2.45, 2.75) is 0 Å². The lowest BCUT2D eigenvalue weighted by atomic mass is 10.2. The lowest BCUT2D eigenvalue weighted by Gasteiger charge is -2.05. The summed E-state index contributed by atoms with van der Waals surface area (Å²) in [7, 11) is 0. The van der Waals surface area contributed by atoms with Gasteiger partial charge < -0.3 is 5.32 Å². The average molecular weight is 334 g/mol. The van der Waals surface area contributed by atoms with Crippen LogP contribution in [0.1, 0.15) is 15.9 Å². The maximum absolute atomic E-state index is 12.7. The molecule has 0 saturated heterocycles. The van der Waals surface area contributed by atoms with Crippen molar-refractivity contribution in [3.63, 3.8) is 0 Å². The van der Waals surface area contributed by atoms with Crippen molar-refractivity contribution in [2.24, 2.45) is 5.10 Å². The molecule has 2 aromatic rings. The molecular weight excluding hydrogens is 321 g/mol. The molecule has 0 aliphatic carbocycles. The summed E-state index contributed by atoms with van der Waals surface area (Å²) in [5, 5.41) is 6.46. The van der Waals surface area contributed by atoms with Gasteiger partial charge in [-0.1, -0.05) is 35.9 Å². The molecule has 2 amide bonds. The van der Waals surface area contributed by atoms with E-state index in [4.69, 9.17) is 11.6 Å². The molecule has 0 aromatic heterocycles. The Kier molecular flexibility index (Phi) is 5.82. The zero-order valence-electron chi connectivity index (χ0n) is 11.9. The molecule has 2 rings (SSSR count). The smallest absolute Gasteiger partial charge is 0.259 e. The third-order valence-electron chi connectivity index (χ3n) is 2.80. The third kappa shape index (κ3) is 5.19. The minimum absolute atomic E-state index is 0.245. The average Bonchev–Trinajstić information content (AvgIpc) is 2.55. The van der Waals surface area contributed by atoms with Crippen LogP contribution in [0.2, 0.25) is 5.02 Å². The zero-order valence-corrected chi connectivity index (χ0v) is 12.7. The summed E-state index contributed by atoms with van der Waals surface area (Å²) in [6.07, 6.45) is 1.37. The van der Waals surface area contributed by atoms with Gasteiger partial charge in [-0.05, 0) is 29.8 Å². The van der Waals surface area contributed by atoms with Gasteiger partial charge in [0.15, 0.2) is 0 Å². The number of carbonyl (C=O) groups is 2. The van der Waals surface area contributed by atoms with Crippen LogP contribution in [0.15, 0.2) is 53.6 Å². The number of halogens is 2. The normalized spacial score (nSPS) is 10.5. The Labute approximate surface area is 137 Å². The summed E-state index contributed by atoms with van der Waals surface area (Å²) in [5.74, 6) is -1.30. The van der Waals surface area contributed by atoms with E-state index in [-0.39, 0.29) is 17.9 Å². The SMILES string of the molecule is O=C(CNC(=O)c1ccccc1Cl)N/N=C\c1ccc(F)cc1. The third-order valence-corrected chi connectivity index (χ3v) is 3.13. The fourth-order valence-corrected chi connectivity index (χ4v) is 1.89. The molecule has 0 heterocycles. The fraction of sp³-hybridized carbons (Fsp3) is 0.0625. The van der Waals surface area contributed by atoms with E-state index in [0.717, 1.165) is 0 Å². The highest BCUT2D eigenvalue weighted by Crippen LogP contribution is 2.14. The molecule has 118 valence electrons. The Morgan fingerprint density at radius 3 is 2.52 bits per heavy atom. The molecule has 0 bridgehead atoms. The summed E-state index contributed by atoms with van der Waals surface area (Å²) >= 11 is 5.89. The maximum Gasteiger partial charge on any atom is 0.259 e. The van der Waals surface area contributed by atoms with Gasteiger partial charge in [0.25, 0.3) is 11.8 Å². The van der Waals surface area contributed by atoms with Gasteiger partial charge in [0, 0.05) is 0 Å². The summed E-state index contributed by atoms with van der Waals surface area (Å²) in [5.41, 5.74) is 3.18. The van der Waals surface area contributed by atoms with Crippen LogP contribution in [0.25, 0.3) is 0 Å². The fourth-order valence-electron chi connectivity index (χ4n) is 1.67. The van der Waals surface area contributed by atoms with Crippen LogP contribution in [0.5, 0.6) is 0 Å². The van der Waals surface area contributed by atoms with Gasteiger partial charge in [0.05, 0.1) is 23.3 Å². The van der Waals surface area contributed by atoms with Crippen LogP contribution >= 0.6 is 11.6 Å². The van der Waals surface area contributed by atoms with Gasteiger partial charge in [-0.15, -0.1) is 0 Å². The Morgan fingerprint density at radius 1 is 1.13 bits per heavy atom.